The molecule has 0 saturated heterocycles. The molecule has 0 fully saturated rings. The van der Waals surface area contributed by atoms with Crippen molar-refractivity contribution in [3.63, 3.8) is 0 Å². The van der Waals surface area contributed by atoms with Gasteiger partial charge in [0.25, 0.3) is 5.91 Å². The van der Waals surface area contributed by atoms with Gasteiger partial charge < -0.3 is 5.32 Å². The number of aromatic nitrogens is 1. The molecular weight excluding hydrogens is 311 g/mol. The molecule has 0 radical (unpaired) electrons. The van der Waals surface area contributed by atoms with Gasteiger partial charge in [0.15, 0.2) is 0 Å². The van der Waals surface area contributed by atoms with Crippen LogP contribution in [0.4, 0.5) is 4.39 Å². The molecule has 0 bridgehead atoms. The zero-order valence-corrected chi connectivity index (χ0v) is 13.3. The molecule has 3 nitrogen and oxygen atoms in total. The zero-order chi connectivity index (χ0) is 16.2. The Morgan fingerprint density at radius 2 is 1.96 bits per heavy atom. The van der Waals surface area contributed by atoms with E-state index in [1.165, 1.54) is 12.1 Å². The van der Waals surface area contributed by atoms with Crippen LogP contribution in [0, 0.1) is 5.82 Å². The normalized spacial score (nSPS) is 11.9. The number of thiophene rings is 1. The van der Waals surface area contributed by atoms with Gasteiger partial charge in [0, 0.05) is 17.1 Å². The Balaban J connectivity index is 1.69. The summed E-state index contributed by atoms with van der Waals surface area (Å²) in [6.45, 7) is 1.86. The first kappa shape index (κ1) is 15.4. The van der Waals surface area contributed by atoms with Gasteiger partial charge in [0.2, 0.25) is 0 Å². The van der Waals surface area contributed by atoms with Crippen LogP contribution in [0.2, 0.25) is 0 Å². The number of amides is 1. The van der Waals surface area contributed by atoms with Gasteiger partial charge in [-0.2, -0.15) is 11.3 Å². The molecule has 5 heteroatoms. The molecule has 0 aliphatic heterocycles. The summed E-state index contributed by atoms with van der Waals surface area (Å²) in [6, 6.07) is 11.5. The van der Waals surface area contributed by atoms with E-state index < -0.39 is 0 Å². The summed E-state index contributed by atoms with van der Waals surface area (Å²) in [6.07, 6.45) is 1.57. The van der Waals surface area contributed by atoms with Crippen molar-refractivity contribution >= 4 is 17.2 Å². The second kappa shape index (κ2) is 6.71. The molecule has 1 N–H and O–H groups in total. The Morgan fingerprint density at radius 1 is 1.17 bits per heavy atom. The first-order valence-corrected chi connectivity index (χ1v) is 8.13. The van der Waals surface area contributed by atoms with Crippen molar-refractivity contribution in [3.05, 3.63) is 76.4 Å². The van der Waals surface area contributed by atoms with E-state index >= 15 is 0 Å². The highest BCUT2D eigenvalue weighted by Gasteiger charge is 2.12. The van der Waals surface area contributed by atoms with Gasteiger partial charge in [-0.15, -0.1) is 0 Å². The first-order chi connectivity index (χ1) is 11.1. The number of rotatable bonds is 4. The number of carbonyl (C=O) groups excluding carboxylic acids is 1. The predicted octanol–water partition coefficient (Wildman–Crippen LogP) is 4.44. The molecule has 3 aromatic rings. The minimum Gasteiger partial charge on any atom is -0.345 e. The molecular formula is C18H15FN2OS. The maximum atomic E-state index is 12.9. The van der Waals surface area contributed by atoms with Crippen LogP contribution in [0.3, 0.4) is 0 Å². The van der Waals surface area contributed by atoms with Crippen LogP contribution < -0.4 is 5.32 Å². The summed E-state index contributed by atoms with van der Waals surface area (Å²) in [7, 11) is 0. The van der Waals surface area contributed by atoms with Crippen LogP contribution in [-0.2, 0) is 0 Å². The molecule has 0 aliphatic rings. The van der Waals surface area contributed by atoms with Gasteiger partial charge in [-0.05, 0) is 48.2 Å². The highest BCUT2D eigenvalue weighted by atomic mass is 32.1. The standard InChI is InChI=1S/C18H15FN2OS/c1-12(13-2-5-16(19)6-3-13)21-18(22)14-4-7-17(20-10-14)15-8-9-23-11-15/h2-12H,1H3,(H,21,22)/t12-/m0/s1. The summed E-state index contributed by atoms with van der Waals surface area (Å²) in [5.41, 5.74) is 3.23. The summed E-state index contributed by atoms with van der Waals surface area (Å²) in [5, 5.41) is 6.89. The Labute approximate surface area is 137 Å². The SMILES string of the molecule is C[C@H](NC(=O)c1ccc(-c2ccsc2)nc1)c1ccc(F)cc1. The van der Waals surface area contributed by atoms with E-state index in [9.17, 15) is 9.18 Å². The molecule has 1 amide bonds. The van der Waals surface area contributed by atoms with Gasteiger partial charge in [-0.1, -0.05) is 12.1 Å². The van der Waals surface area contributed by atoms with Crippen LogP contribution in [0.15, 0.2) is 59.4 Å². The fraction of sp³-hybridized carbons (Fsp3) is 0.111. The van der Waals surface area contributed by atoms with Crippen molar-refractivity contribution in [1.82, 2.24) is 10.3 Å². The molecule has 1 atom stereocenters. The van der Waals surface area contributed by atoms with Crippen LogP contribution in [-0.4, -0.2) is 10.9 Å². The van der Waals surface area contributed by atoms with Crippen LogP contribution in [0.25, 0.3) is 11.3 Å². The zero-order valence-electron chi connectivity index (χ0n) is 12.5. The summed E-state index contributed by atoms with van der Waals surface area (Å²) >= 11 is 1.61. The molecule has 0 saturated carbocycles. The number of halogens is 1. The average Bonchev–Trinajstić information content (AvgIpc) is 3.10. The Kier molecular flexibility index (Phi) is 4.48. The van der Waals surface area contributed by atoms with Crippen molar-refractivity contribution in [3.8, 4) is 11.3 Å². The van der Waals surface area contributed by atoms with Crippen molar-refractivity contribution < 1.29 is 9.18 Å². The van der Waals surface area contributed by atoms with E-state index in [0.29, 0.717) is 5.56 Å². The number of pyridine rings is 1. The number of hydrogen-bond donors (Lipinski definition) is 1. The van der Waals surface area contributed by atoms with Gasteiger partial charge in [0.05, 0.1) is 17.3 Å². The smallest absolute Gasteiger partial charge is 0.253 e. The lowest BCUT2D eigenvalue weighted by Crippen LogP contribution is -2.26. The average molecular weight is 326 g/mol. The first-order valence-electron chi connectivity index (χ1n) is 7.18. The minimum absolute atomic E-state index is 0.203. The number of carbonyl (C=O) groups is 1. The van der Waals surface area contributed by atoms with Gasteiger partial charge in [-0.3, -0.25) is 9.78 Å². The van der Waals surface area contributed by atoms with E-state index in [0.717, 1.165) is 16.8 Å². The van der Waals surface area contributed by atoms with Crippen LogP contribution in [0.5, 0.6) is 0 Å². The summed E-state index contributed by atoms with van der Waals surface area (Å²) in [4.78, 5) is 16.6. The second-order valence-electron chi connectivity index (χ2n) is 5.19. The lowest BCUT2D eigenvalue weighted by atomic mass is 10.1. The van der Waals surface area contributed by atoms with Crippen molar-refractivity contribution in [2.45, 2.75) is 13.0 Å². The Hall–Kier alpha value is -2.53. The van der Waals surface area contributed by atoms with Gasteiger partial charge >= 0.3 is 0 Å². The van der Waals surface area contributed by atoms with Crippen LogP contribution in [0.1, 0.15) is 28.9 Å². The Bertz CT molecular complexity index is 783. The maximum Gasteiger partial charge on any atom is 0.253 e. The molecule has 3 rings (SSSR count). The molecule has 2 aromatic heterocycles. The highest BCUT2D eigenvalue weighted by Crippen LogP contribution is 2.20. The van der Waals surface area contributed by atoms with Gasteiger partial charge in [0.1, 0.15) is 5.82 Å². The predicted molar refractivity (Wildman–Crippen MR) is 89.8 cm³/mol. The molecule has 0 spiro atoms. The number of nitrogens with one attached hydrogen (secondary N) is 1. The summed E-state index contributed by atoms with van der Waals surface area (Å²) < 4.78 is 12.9. The molecule has 0 unspecified atom stereocenters. The largest absolute Gasteiger partial charge is 0.345 e. The number of benzene rings is 1. The number of hydrogen-bond acceptors (Lipinski definition) is 3. The monoisotopic (exact) mass is 326 g/mol. The minimum atomic E-state index is -0.291. The second-order valence-corrected chi connectivity index (χ2v) is 5.97. The van der Waals surface area contributed by atoms with Crippen molar-refractivity contribution in [2.75, 3.05) is 0 Å². The third-order valence-electron chi connectivity index (χ3n) is 3.56. The fourth-order valence-corrected chi connectivity index (χ4v) is 2.87. The molecule has 0 aliphatic carbocycles. The molecule has 1 aromatic carbocycles. The van der Waals surface area contributed by atoms with Gasteiger partial charge in [-0.25, -0.2) is 4.39 Å². The lowest BCUT2D eigenvalue weighted by molar-refractivity contribution is 0.0939. The third kappa shape index (κ3) is 3.63. The lowest BCUT2D eigenvalue weighted by Gasteiger charge is -2.14. The highest BCUT2D eigenvalue weighted by molar-refractivity contribution is 7.08. The van der Waals surface area contributed by atoms with E-state index in [4.69, 9.17) is 0 Å². The van der Waals surface area contributed by atoms with E-state index in [-0.39, 0.29) is 17.8 Å². The Morgan fingerprint density at radius 3 is 2.57 bits per heavy atom. The maximum absolute atomic E-state index is 12.9. The molecule has 2 heterocycles. The third-order valence-corrected chi connectivity index (χ3v) is 4.24. The van der Waals surface area contributed by atoms with E-state index in [1.54, 1.807) is 35.7 Å². The van der Waals surface area contributed by atoms with Crippen LogP contribution >= 0.6 is 11.3 Å². The van der Waals surface area contributed by atoms with Crippen molar-refractivity contribution in [1.29, 1.82) is 0 Å². The topological polar surface area (TPSA) is 42.0 Å². The van der Waals surface area contributed by atoms with E-state index in [1.807, 2.05) is 29.8 Å². The quantitative estimate of drug-likeness (QED) is 0.770. The fourth-order valence-electron chi connectivity index (χ4n) is 2.22. The van der Waals surface area contributed by atoms with Crippen molar-refractivity contribution in [2.24, 2.45) is 0 Å². The van der Waals surface area contributed by atoms with E-state index in [2.05, 4.69) is 10.3 Å². The molecule has 116 valence electrons. The summed E-state index contributed by atoms with van der Waals surface area (Å²) in [5.74, 6) is -0.494. The number of nitrogens with zero attached hydrogens (tertiary/aromatic N) is 1. The molecule has 23 heavy (non-hydrogen) atoms.